The maximum atomic E-state index is 15.8. The molecular weight excluding hydrogens is 1900 g/mol. The zero-order valence-corrected chi connectivity index (χ0v) is 86.6. The van der Waals surface area contributed by atoms with Gasteiger partial charge in [0.1, 0.15) is 112 Å². The molecule has 794 valence electrons. The highest BCUT2D eigenvalue weighted by Gasteiger charge is 2.49. The van der Waals surface area contributed by atoms with Crippen molar-refractivity contribution in [2.75, 3.05) is 144 Å². The van der Waals surface area contributed by atoms with E-state index in [1.165, 1.54) is 76.6 Å². The minimum absolute atomic E-state index is 0.00355. The fraction of sp³-hybridized carbons (Fsp3) is 0.517. The fourth-order valence-corrected chi connectivity index (χ4v) is 23.0. The predicted molar refractivity (Wildman–Crippen MR) is 555 cm³/mol. The second-order valence-electron chi connectivity index (χ2n) is 43.6. The van der Waals surface area contributed by atoms with Gasteiger partial charge in [-0.1, -0.05) is 132 Å². The van der Waals surface area contributed by atoms with Gasteiger partial charge in [0.2, 0.25) is 0 Å². The third-order valence-corrected chi connectivity index (χ3v) is 31.4. The zero-order valence-electron chi connectivity index (χ0n) is 86.6. The Bertz CT molecular complexity index is 6240. The van der Waals surface area contributed by atoms with Crippen molar-refractivity contribution in [3.05, 3.63) is 260 Å². The molecule has 4 fully saturated rings. The molecule has 0 aliphatic carbocycles. The molecule has 8 aliphatic heterocycles. The number of hydrogen-bond acceptors (Lipinski definition) is 16. The number of halogens is 11. The first-order valence-electron chi connectivity index (χ1n) is 52.8. The molecule has 12 heterocycles. The summed E-state index contributed by atoms with van der Waals surface area (Å²) in [6.07, 6.45) is 9.15. The van der Waals surface area contributed by atoms with Gasteiger partial charge in [-0.25, -0.2) is 48.3 Å². The van der Waals surface area contributed by atoms with E-state index in [1.54, 1.807) is 20.8 Å². The average molecular weight is 2040 g/mol. The summed E-state index contributed by atoms with van der Waals surface area (Å²) in [4.78, 5) is 30.0. The van der Waals surface area contributed by atoms with Gasteiger partial charge in [0.05, 0.1) is 50.6 Å². The standard InChI is InChI=1S/3C29H36F3N3O2.C29H37F2N3O2/c1-4-19-14-34(15-19)9-10-37-20-12-23(30)26(24(31)13-20)28-27-22(21-7-5-6-8-25(21)33-27)11-18(2)35(28)16-29(3,32)17-36;2*1-4-5-10-34-14-20(15-34)37-19-12-23(30)26(24(31)13-19)28-27-22(21-8-6-7-9-25(21)33-27)11-18(2)35(28)16-29(3,32)17-36;1-4-20-15-33(16-20)11-12-36-21-9-10-23(25(30)14-21)28-27-24(22-7-5-6-8-26(22)32-27)13-19(2)34(28)17-29(3,31)18-35/h5-8,12-13,18-19,28,33,36H,4,9-11,14-17H2,1-3H3;2*6-9,12-13,18,20,28,33,36H,4-5,10-11,14-17H2,1-3H3;5-10,14,19-20,28,32,35H,4,11-13,15-18H2,1-3H3/t18-,28-,29?;18-,28-,29+;18-,28-,29-;19-,28-,29-/m1111/s1. The third-order valence-electron chi connectivity index (χ3n) is 31.4. The number of rotatable bonds is 36. The van der Waals surface area contributed by atoms with E-state index >= 15 is 48.3 Å². The molecule has 12 atom stereocenters. The van der Waals surface area contributed by atoms with Crippen LogP contribution in [0.4, 0.5) is 48.3 Å². The lowest BCUT2D eigenvalue weighted by atomic mass is 9.87. The van der Waals surface area contributed by atoms with E-state index in [1.807, 2.05) is 130 Å². The maximum Gasteiger partial charge on any atom is 0.143 e. The Balaban J connectivity index is 0.000000134. The molecule has 0 spiro atoms. The van der Waals surface area contributed by atoms with E-state index in [4.69, 9.17) is 18.9 Å². The largest absolute Gasteiger partial charge is 0.492 e. The molecule has 0 radical (unpaired) electrons. The van der Waals surface area contributed by atoms with Crippen LogP contribution in [0.5, 0.6) is 23.0 Å². The van der Waals surface area contributed by atoms with Crippen LogP contribution >= 0.6 is 0 Å². The van der Waals surface area contributed by atoms with Gasteiger partial charge in [-0.3, -0.25) is 39.2 Å². The number of aromatic nitrogens is 4. The molecule has 31 heteroatoms. The van der Waals surface area contributed by atoms with Crippen molar-refractivity contribution in [1.82, 2.24) is 59.1 Å². The normalized spacial score (nSPS) is 22.6. The number of aliphatic hydroxyl groups excluding tert-OH is 4. The molecule has 4 saturated heterocycles. The van der Waals surface area contributed by atoms with Crippen LogP contribution in [0, 0.1) is 52.6 Å². The van der Waals surface area contributed by atoms with Crippen LogP contribution in [0.15, 0.2) is 152 Å². The third kappa shape index (κ3) is 23.9. The minimum Gasteiger partial charge on any atom is -0.492 e. The van der Waals surface area contributed by atoms with Crippen molar-refractivity contribution in [1.29, 1.82) is 0 Å². The van der Waals surface area contributed by atoms with Crippen LogP contribution in [-0.4, -0.2) is 283 Å². The van der Waals surface area contributed by atoms with Gasteiger partial charge in [0, 0.05) is 247 Å². The molecule has 0 amide bonds. The smallest absolute Gasteiger partial charge is 0.143 e. The Labute approximate surface area is 855 Å². The van der Waals surface area contributed by atoms with Crippen LogP contribution in [0.25, 0.3) is 43.6 Å². The quantitative estimate of drug-likeness (QED) is 0.0172. The number of alkyl halides is 4. The summed E-state index contributed by atoms with van der Waals surface area (Å²) in [7, 11) is 0. The highest BCUT2D eigenvalue weighted by atomic mass is 19.2. The number of aliphatic hydroxyl groups is 4. The Kier molecular flexibility index (Phi) is 33.8. The molecule has 20 rings (SSSR count). The van der Waals surface area contributed by atoms with Crippen molar-refractivity contribution in [3.8, 4) is 23.0 Å². The first-order chi connectivity index (χ1) is 70.4. The highest BCUT2D eigenvalue weighted by molar-refractivity contribution is 5.88. The number of benzene rings is 8. The van der Waals surface area contributed by atoms with Crippen molar-refractivity contribution in [2.24, 2.45) is 11.8 Å². The minimum atomic E-state index is -1.93. The highest BCUT2D eigenvalue weighted by Crippen LogP contribution is 2.51. The summed E-state index contributed by atoms with van der Waals surface area (Å²) in [6, 6.07) is 40.0. The molecule has 0 bridgehead atoms. The van der Waals surface area contributed by atoms with Gasteiger partial charge < -0.3 is 59.3 Å². The summed E-state index contributed by atoms with van der Waals surface area (Å²) >= 11 is 0. The van der Waals surface area contributed by atoms with Gasteiger partial charge >= 0.3 is 0 Å². The second-order valence-corrected chi connectivity index (χ2v) is 43.6. The number of hydrogen-bond donors (Lipinski definition) is 8. The SMILES string of the molecule is CCC1CN(CCOc2cc(F)c([C@@H]3c4[nH]c5ccccc5c4C[C@@H](C)N3CC(C)(F)CO)c(F)c2)C1.CCC1CN(CCOc2ccc([C@@H]3c4[nH]c5ccccc5c4C[C@@H](C)N3C[C@@](C)(F)CO)c(F)c2)C1.CCCCN1CC(Oc2cc(F)c([C@@H]3c4[nH]c5ccccc5c4C[C@@H](C)N3C[C@@](C)(F)CO)c(F)c2)C1.CCCCN1CC(Oc2cc(F)c([C@@H]3c4[nH]c5ccccc5c4C[C@@H](C)N3C[C@](C)(F)CO)c(F)c2)C1. The number of fused-ring (bicyclic) bond motifs is 12. The molecule has 1 unspecified atom stereocenters. The summed E-state index contributed by atoms with van der Waals surface area (Å²) in [5, 5.41) is 42.6. The van der Waals surface area contributed by atoms with Crippen LogP contribution in [-0.2, 0) is 25.7 Å². The van der Waals surface area contributed by atoms with E-state index in [0.717, 1.165) is 194 Å². The van der Waals surface area contributed by atoms with Gasteiger partial charge in [0.15, 0.2) is 0 Å². The topological polar surface area (TPSA) is 207 Å². The monoisotopic (exact) mass is 2040 g/mol. The average Bonchev–Trinajstić information content (AvgIpc) is 1.60. The molecule has 12 aromatic rings. The zero-order chi connectivity index (χ0) is 104. The Morgan fingerprint density at radius 1 is 0.327 bits per heavy atom. The number of nitrogens with one attached hydrogen (secondary N) is 4. The van der Waals surface area contributed by atoms with Crippen LogP contribution in [0.3, 0.4) is 0 Å². The lowest BCUT2D eigenvalue weighted by molar-refractivity contribution is 0.0153. The summed E-state index contributed by atoms with van der Waals surface area (Å²) < 4.78 is 194. The van der Waals surface area contributed by atoms with Crippen LogP contribution in [0.2, 0.25) is 0 Å². The number of H-pyrrole nitrogens is 4. The molecule has 8 aliphatic rings. The molecule has 147 heavy (non-hydrogen) atoms. The summed E-state index contributed by atoms with van der Waals surface area (Å²) in [5.74, 6) is -2.26. The van der Waals surface area contributed by atoms with E-state index in [-0.39, 0.29) is 102 Å². The molecule has 0 saturated carbocycles. The van der Waals surface area contributed by atoms with Crippen molar-refractivity contribution >= 4 is 43.6 Å². The van der Waals surface area contributed by atoms with E-state index in [9.17, 15) is 20.4 Å². The van der Waals surface area contributed by atoms with Gasteiger partial charge in [-0.2, -0.15) is 0 Å². The molecule has 4 aromatic heterocycles. The number of ether oxygens (including phenoxy) is 4. The Morgan fingerprint density at radius 3 is 0.878 bits per heavy atom. The lowest BCUT2D eigenvalue weighted by Gasteiger charge is -2.43. The Morgan fingerprint density at radius 2 is 0.592 bits per heavy atom. The summed E-state index contributed by atoms with van der Waals surface area (Å²) in [5.41, 5.74) is 3.00. The first-order valence-corrected chi connectivity index (χ1v) is 52.8. The van der Waals surface area contributed by atoms with Crippen molar-refractivity contribution in [2.45, 2.75) is 231 Å². The fourth-order valence-electron chi connectivity index (χ4n) is 23.0. The molecule has 20 nitrogen and oxygen atoms in total. The first kappa shape index (κ1) is 108. The van der Waals surface area contributed by atoms with Gasteiger partial charge in [-0.05, 0) is 171 Å². The Hall–Kier alpha value is -10.1. The summed E-state index contributed by atoms with van der Waals surface area (Å²) in [6.45, 7) is 30.4. The predicted octanol–water partition coefficient (Wildman–Crippen LogP) is 21.0. The van der Waals surface area contributed by atoms with E-state index < -0.39 is 108 Å². The number of para-hydroxylation sites is 4. The van der Waals surface area contributed by atoms with Crippen LogP contribution in [0.1, 0.15) is 213 Å². The molecule has 8 aromatic carbocycles. The van der Waals surface area contributed by atoms with E-state index in [0.29, 0.717) is 67.4 Å². The lowest BCUT2D eigenvalue weighted by Crippen LogP contribution is -2.53. The molecular formula is C116H145F11N12O8. The number of unbranched alkanes of at least 4 members (excludes halogenated alkanes) is 2. The van der Waals surface area contributed by atoms with E-state index in [2.05, 4.69) is 73.3 Å². The maximum absolute atomic E-state index is 15.8. The second kappa shape index (κ2) is 46.0. The van der Waals surface area contributed by atoms with Gasteiger partial charge in [0.25, 0.3) is 0 Å². The number of aromatic amines is 4. The van der Waals surface area contributed by atoms with Gasteiger partial charge in [-0.15, -0.1) is 0 Å². The van der Waals surface area contributed by atoms with Crippen molar-refractivity contribution < 1.29 is 87.7 Å². The van der Waals surface area contributed by atoms with Crippen molar-refractivity contribution in [3.63, 3.8) is 0 Å². The molecule has 8 N–H and O–H groups in total. The number of nitrogens with zero attached hydrogens (tertiary/aromatic N) is 8. The number of likely N-dealkylation sites (tertiary alicyclic amines) is 4. The van der Waals surface area contributed by atoms with Crippen LogP contribution < -0.4 is 18.9 Å².